The van der Waals surface area contributed by atoms with Gasteiger partial charge in [-0.15, -0.1) is 0 Å². The molecule has 1 aliphatic heterocycles. The van der Waals surface area contributed by atoms with Gasteiger partial charge in [0.15, 0.2) is 0 Å². The summed E-state index contributed by atoms with van der Waals surface area (Å²) in [7, 11) is 0. The van der Waals surface area contributed by atoms with Crippen LogP contribution in [-0.4, -0.2) is 24.0 Å². The third-order valence-corrected chi connectivity index (χ3v) is 3.91. The predicted octanol–water partition coefficient (Wildman–Crippen LogP) is 2.31. The van der Waals surface area contributed by atoms with E-state index < -0.39 is 0 Å². The first-order valence-electron chi connectivity index (χ1n) is 5.37. The third-order valence-electron chi connectivity index (χ3n) is 2.68. The van der Waals surface area contributed by atoms with Crippen molar-refractivity contribution in [3.8, 4) is 0 Å². The lowest BCUT2D eigenvalue weighted by atomic mass is 10.1. The van der Waals surface area contributed by atoms with Crippen molar-refractivity contribution in [2.75, 3.05) is 18.1 Å². The van der Waals surface area contributed by atoms with Gasteiger partial charge in [0.2, 0.25) is 0 Å². The largest absolute Gasteiger partial charge is 0.352 e. The number of nitrogens with one attached hydrogen (secondary N) is 1. The minimum absolute atomic E-state index is 0.114. The summed E-state index contributed by atoms with van der Waals surface area (Å²) in [5.74, 6) is 2.48. The van der Waals surface area contributed by atoms with Crippen molar-refractivity contribution in [2.24, 2.45) is 5.92 Å². The maximum Gasteiger partial charge on any atom is 0.251 e. The Kier molecular flexibility index (Phi) is 3.83. The Hall–Kier alpha value is -1.03. The van der Waals surface area contributed by atoms with Crippen molar-refractivity contribution >= 4 is 17.7 Å². The molecule has 0 aliphatic carbocycles. The van der Waals surface area contributed by atoms with Gasteiger partial charge in [0.1, 0.15) is 5.82 Å². The van der Waals surface area contributed by atoms with Gasteiger partial charge < -0.3 is 5.32 Å². The Labute approximate surface area is 98.6 Å². The van der Waals surface area contributed by atoms with E-state index in [0.29, 0.717) is 11.5 Å². The van der Waals surface area contributed by atoms with Crippen molar-refractivity contribution in [3.05, 3.63) is 35.6 Å². The molecular formula is C12H14FNOS. The standard InChI is InChI=1S/C12H14FNOS/c13-11-3-1-10(2-4-11)12(15)14-7-9-5-6-16-8-9/h1-4,9H,5-8H2,(H,14,15). The fourth-order valence-corrected chi connectivity index (χ4v) is 2.97. The van der Waals surface area contributed by atoms with Gasteiger partial charge in [-0.2, -0.15) is 11.8 Å². The van der Waals surface area contributed by atoms with E-state index in [1.165, 1.54) is 36.4 Å². The van der Waals surface area contributed by atoms with Crippen LogP contribution in [0.3, 0.4) is 0 Å². The molecule has 1 heterocycles. The molecular weight excluding hydrogens is 225 g/mol. The minimum atomic E-state index is -0.316. The lowest BCUT2D eigenvalue weighted by Crippen LogP contribution is -2.29. The maximum absolute atomic E-state index is 12.6. The lowest BCUT2D eigenvalue weighted by Gasteiger charge is -2.09. The summed E-state index contributed by atoms with van der Waals surface area (Å²) in [6.45, 7) is 0.725. The van der Waals surface area contributed by atoms with Crippen molar-refractivity contribution in [1.29, 1.82) is 0 Å². The van der Waals surface area contributed by atoms with Crippen LogP contribution in [0.5, 0.6) is 0 Å². The molecule has 16 heavy (non-hydrogen) atoms. The third kappa shape index (κ3) is 2.98. The van der Waals surface area contributed by atoms with Crippen molar-refractivity contribution in [3.63, 3.8) is 0 Å². The number of hydrogen-bond acceptors (Lipinski definition) is 2. The lowest BCUT2D eigenvalue weighted by molar-refractivity contribution is 0.0948. The van der Waals surface area contributed by atoms with E-state index >= 15 is 0 Å². The Balaban J connectivity index is 1.85. The van der Waals surface area contributed by atoms with Crippen LogP contribution in [0.15, 0.2) is 24.3 Å². The van der Waals surface area contributed by atoms with Gasteiger partial charge in [0, 0.05) is 12.1 Å². The molecule has 2 rings (SSSR count). The van der Waals surface area contributed by atoms with Crippen LogP contribution >= 0.6 is 11.8 Å². The second kappa shape index (κ2) is 5.34. The second-order valence-electron chi connectivity index (χ2n) is 3.95. The number of rotatable bonds is 3. The molecule has 86 valence electrons. The second-order valence-corrected chi connectivity index (χ2v) is 5.10. The van der Waals surface area contributed by atoms with E-state index in [1.807, 2.05) is 11.8 Å². The molecule has 1 amide bonds. The summed E-state index contributed by atoms with van der Waals surface area (Å²) < 4.78 is 12.6. The Morgan fingerprint density at radius 2 is 2.19 bits per heavy atom. The van der Waals surface area contributed by atoms with E-state index in [1.54, 1.807) is 0 Å². The monoisotopic (exact) mass is 239 g/mol. The number of carbonyl (C=O) groups excluding carboxylic acids is 1. The Morgan fingerprint density at radius 3 is 2.81 bits per heavy atom. The van der Waals surface area contributed by atoms with Crippen molar-refractivity contribution in [1.82, 2.24) is 5.32 Å². The van der Waals surface area contributed by atoms with Crippen LogP contribution in [0.4, 0.5) is 4.39 Å². The zero-order valence-electron chi connectivity index (χ0n) is 8.91. The minimum Gasteiger partial charge on any atom is -0.352 e. The summed E-state index contributed by atoms with van der Waals surface area (Å²) in [6.07, 6.45) is 1.17. The molecule has 0 spiro atoms. The smallest absolute Gasteiger partial charge is 0.251 e. The molecule has 0 aromatic heterocycles. The van der Waals surface area contributed by atoms with Crippen LogP contribution in [0.1, 0.15) is 16.8 Å². The molecule has 1 aliphatic rings. The topological polar surface area (TPSA) is 29.1 Å². The fourth-order valence-electron chi connectivity index (χ4n) is 1.68. The quantitative estimate of drug-likeness (QED) is 0.877. The molecule has 0 saturated carbocycles. The van der Waals surface area contributed by atoms with E-state index in [-0.39, 0.29) is 11.7 Å². The number of thioether (sulfide) groups is 1. The van der Waals surface area contributed by atoms with Gasteiger partial charge >= 0.3 is 0 Å². The van der Waals surface area contributed by atoms with Gasteiger partial charge in [-0.3, -0.25) is 4.79 Å². The molecule has 1 saturated heterocycles. The van der Waals surface area contributed by atoms with Gasteiger partial charge in [-0.1, -0.05) is 0 Å². The number of hydrogen-bond donors (Lipinski definition) is 1. The summed E-state index contributed by atoms with van der Waals surface area (Å²) >= 11 is 1.93. The highest BCUT2D eigenvalue weighted by molar-refractivity contribution is 7.99. The summed E-state index contributed by atoms with van der Waals surface area (Å²) in [5, 5.41) is 2.89. The predicted molar refractivity (Wildman–Crippen MR) is 64.2 cm³/mol. The molecule has 1 aromatic rings. The average molecular weight is 239 g/mol. The highest BCUT2D eigenvalue weighted by atomic mass is 32.2. The van der Waals surface area contributed by atoms with Gasteiger partial charge in [-0.05, 0) is 48.1 Å². The molecule has 0 radical (unpaired) electrons. The molecule has 1 fully saturated rings. The molecule has 1 unspecified atom stereocenters. The van der Waals surface area contributed by atoms with Crippen LogP contribution in [-0.2, 0) is 0 Å². The number of halogens is 1. The van der Waals surface area contributed by atoms with E-state index in [9.17, 15) is 9.18 Å². The first-order valence-corrected chi connectivity index (χ1v) is 6.52. The van der Waals surface area contributed by atoms with Crippen molar-refractivity contribution in [2.45, 2.75) is 6.42 Å². The molecule has 4 heteroatoms. The molecule has 2 nitrogen and oxygen atoms in total. The zero-order valence-corrected chi connectivity index (χ0v) is 9.73. The molecule has 1 N–H and O–H groups in total. The first kappa shape index (κ1) is 11.5. The fraction of sp³-hybridized carbons (Fsp3) is 0.417. The molecule has 1 aromatic carbocycles. The highest BCUT2D eigenvalue weighted by Crippen LogP contribution is 2.22. The molecule has 0 bridgehead atoms. The van der Waals surface area contributed by atoms with Crippen LogP contribution in [0, 0.1) is 11.7 Å². The molecule has 1 atom stereocenters. The van der Waals surface area contributed by atoms with Gasteiger partial charge in [0.25, 0.3) is 5.91 Å². The normalized spacial score (nSPS) is 19.7. The highest BCUT2D eigenvalue weighted by Gasteiger charge is 2.16. The summed E-state index contributed by atoms with van der Waals surface area (Å²) in [5.41, 5.74) is 0.520. The summed E-state index contributed by atoms with van der Waals surface area (Å²) in [4.78, 5) is 11.7. The van der Waals surface area contributed by atoms with Crippen molar-refractivity contribution < 1.29 is 9.18 Å². The van der Waals surface area contributed by atoms with Gasteiger partial charge in [0.05, 0.1) is 0 Å². The maximum atomic E-state index is 12.6. The SMILES string of the molecule is O=C(NCC1CCSC1)c1ccc(F)cc1. The van der Waals surface area contributed by atoms with Crippen LogP contribution in [0.2, 0.25) is 0 Å². The average Bonchev–Trinajstić information content (AvgIpc) is 2.80. The van der Waals surface area contributed by atoms with E-state index in [0.717, 1.165) is 12.3 Å². The number of carbonyl (C=O) groups is 1. The Bertz CT molecular complexity index is 360. The number of amides is 1. The first-order chi connectivity index (χ1) is 7.75. The number of benzene rings is 1. The Morgan fingerprint density at radius 1 is 1.44 bits per heavy atom. The zero-order chi connectivity index (χ0) is 11.4. The van der Waals surface area contributed by atoms with Gasteiger partial charge in [-0.25, -0.2) is 4.39 Å². The summed E-state index contributed by atoms with van der Waals surface area (Å²) in [6, 6.07) is 5.63. The van der Waals surface area contributed by atoms with Crippen LogP contribution in [0.25, 0.3) is 0 Å². The van der Waals surface area contributed by atoms with E-state index in [2.05, 4.69) is 5.32 Å². The van der Waals surface area contributed by atoms with E-state index in [4.69, 9.17) is 0 Å². The van der Waals surface area contributed by atoms with Crippen LogP contribution < -0.4 is 5.32 Å².